The molecule has 3 heteroatoms. The minimum Gasteiger partial charge on any atom is -0.378 e. The molecule has 0 N–H and O–H groups in total. The van der Waals surface area contributed by atoms with Crippen molar-refractivity contribution in [2.75, 3.05) is 25.9 Å². The lowest BCUT2D eigenvalue weighted by Crippen LogP contribution is -2.44. The molecule has 0 aliphatic carbocycles. The van der Waals surface area contributed by atoms with Crippen LogP contribution in [-0.4, -0.2) is 42.9 Å². The molecule has 0 aromatic rings. The number of piperidine rings is 1. The second-order valence-corrected chi connectivity index (χ2v) is 5.81. The van der Waals surface area contributed by atoms with E-state index in [1.165, 1.54) is 32.4 Å². The Morgan fingerprint density at radius 3 is 2.38 bits per heavy atom. The van der Waals surface area contributed by atoms with Crippen LogP contribution in [0.25, 0.3) is 0 Å². The summed E-state index contributed by atoms with van der Waals surface area (Å²) in [7, 11) is 2.76. The molecule has 2 unspecified atom stereocenters. The number of hydrogen-bond donors (Lipinski definition) is 0. The fraction of sp³-hybridized carbons (Fsp3) is 1.00. The molecule has 0 saturated carbocycles. The van der Waals surface area contributed by atoms with Gasteiger partial charge < -0.3 is 9.64 Å². The number of rotatable bonds is 6. The maximum atomic E-state index is 5.87. The molecule has 0 aromatic heterocycles. The second kappa shape index (κ2) is 7.63. The lowest BCUT2D eigenvalue weighted by Gasteiger charge is -2.37. The van der Waals surface area contributed by atoms with Crippen LogP contribution in [0.5, 0.6) is 0 Å². The minimum absolute atomic E-state index is 0.521. The van der Waals surface area contributed by atoms with E-state index in [1.807, 2.05) is 0 Å². The van der Waals surface area contributed by atoms with Gasteiger partial charge in [-0.2, -0.15) is 0 Å². The Balaban J connectivity index is 2.18. The quantitative estimate of drug-likeness (QED) is 0.527. The van der Waals surface area contributed by atoms with Gasteiger partial charge in [-0.3, -0.25) is 0 Å². The molecule has 1 aliphatic rings. The first-order chi connectivity index (χ1) is 7.65. The van der Waals surface area contributed by atoms with Gasteiger partial charge in [0.25, 0.3) is 0 Å². The zero-order chi connectivity index (χ0) is 12.0. The number of hydrogen-bond acceptors (Lipinski definition) is 2. The summed E-state index contributed by atoms with van der Waals surface area (Å²) in [5.74, 6) is 0.759. The molecule has 1 rings (SSSR count). The van der Waals surface area contributed by atoms with Crippen molar-refractivity contribution in [3.63, 3.8) is 0 Å². The Kier molecular flexibility index (Phi) is 6.87. The van der Waals surface area contributed by atoms with E-state index < -0.39 is 0 Å². The highest BCUT2D eigenvalue weighted by molar-refractivity contribution is 7.16. The van der Waals surface area contributed by atoms with Gasteiger partial charge in [0, 0.05) is 25.7 Å². The van der Waals surface area contributed by atoms with E-state index in [9.17, 15) is 0 Å². The van der Waals surface area contributed by atoms with Gasteiger partial charge in [-0.25, -0.2) is 0 Å². The van der Waals surface area contributed by atoms with Crippen molar-refractivity contribution in [1.82, 2.24) is 4.90 Å². The van der Waals surface area contributed by atoms with Gasteiger partial charge in [-0.1, -0.05) is 13.8 Å². The summed E-state index contributed by atoms with van der Waals surface area (Å²) < 4.78 is 5.87. The molecular formula is C13H28NOP. The Bertz CT molecular complexity index is 179. The summed E-state index contributed by atoms with van der Waals surface area (Å²) in [4.78, 5) is 2.61. The molecule has 0 bridgehead atoms. The highest BCUT2D eigenvalue weighted by atomic mass is 31.0. The Hall–Kier alpha value is 0.350. The first-order valence-electron chi connectivity index (χ1n) is 6.71. The maximum Gasteiger partial charge on any atom is 0.0599 e. The average Bonchev–Trinajstić information content (AvgIpc) is 2.29. The molecule has 0 aromatic carbocycles. The lowest BCUT2D eigenvalue weighted by atomic mass is 10.00. The normalized spacial score (nSPS) is 21.6. The van der Waals surface area contributed by atoms with E-state index in [4.69, 9.17) is 4.74 Å². The van der Waals surface area contributed by atoms with Crippen molar-refractivity contribution in [3.05, 3.63) is 0 Å². The van der Waals surface area contributed by atoms with E-state index in [0.717, 1.165) is 18.7 Å². The summed E-state index contributed by atoms with van der Waals surface area (Å²) in [6, 6.07) is 0.716. The van der Waals surface area contributed by atoms with Crippen LogP contribution in [0.2, 0.25) is 0 Å². The first kappa shape index (κ1) is 14.4. The summed E-state index contributed by atoms with van der Waals surface area (Å²) >= 11 is 0. The van der Waals surface area contributed by atoms with Crippen LogP contribution in [0, 0.1) is 5.92 Å². The average molecular weight is 245 g/mol. The fourth-order valence-electron chi connectivity index (χ4n) is 2.20. The topological polar surface area (TPSA) is 12.5 Å². The highest BCUT2D eigenvalue weighted by Gasteiger charge is 2.24. The summed E-state index contributed by atoms with van der Waals surface area (Å²) in [6.07, 6.45) is 5.28. The zero-order valence-corrected chi connectivity index (χ0v) is 12.3. The van der Waals surface area contributed by atoms with Crippen LogP contribution < -0.4 is 0 Å². The van der Waals surface area contributed by atoms with E-state index in [0.29, 0.717) is 12.1 Å². The number of nitrogens with zero attached hydrogens (tertiary/aromatic N) is 1. The van der Waals surface area contributed by atoms with Crippen LogP contribution in [0.15, 0.2) is 0 Å². The standard InChI is InChI=1S/C13H28NOP/c1-11(2)12(3)14-7-5-13(6-8-14)15-9-4-10-16/h11-13H,4-10,16H2,1-3H3. The minimum atomic E-state index is 0.521. The van der Waals surface area contributed by atoms with Crippen molar-refractivity contribution in [2.45, 2.75) is 52.2 Å². The largest absolute Gasteiger partial charge is 0.378 e. The lowest BCUT2D eigenvalue weighted by molar-refractivity contribution is -0.00417. The molecule has 96 valence electrons. The molecule has 16 heavy (non-hydrogen) atoms. The van der Waals surface area contributed by atoms with Gasteiger partial charge in [0.1, 0.15) is 0 Å². The monoisotopic (exact) mass is 245 g/mol. The number of ether oxygens (including phenoxy) is 1. The third-order valence-corrected chi connectivity index (χ3v) is 4.13. The summed E-state index contributed by atoms with van der Waals surface area (Å²) in [6.45, 7) is 10.3. The van der Waals surface area contributed by atoms with Gasteiger partial charge in [0.2, 0.25) is 0 Å². The van der Waals surface area contributed by atoms with Gasteiger partial charge >= 0.3 is 0 Å². The molecule has 2 nitrogen and oxygen atoms in total. The van der Waals surface area contributed by atoms with E-state index >= 15 is 0 Å². The maximum absolute atomic E-state index is 5.87. The molecule has 2 atom stereocenters. The molecule has 1 fully saturated rings. The van der Waals surface area contributed by atoms with E-state index in [-0.39, 0.29) is 0 Å². The van der Waals surface area contributed by atoms with E-state index in [1.54, 1.807) is 0 Å². The molecular weight excluding hydrogens is 217 g/mol. The Morgan fingerprint density at radius 2 is 1.88 bits per heavy atom. The Labute approximate surface area is 103 Å². The molecule has 0 radical (unpaired) electrons. The summed E-state index contributed by atoms with van der Waals surface area (Å²) in [5.41, 5.74) is 0. The van der Waals surface area contributed by atoms with Crippen LogP contribution in [0.1, 0.15) is 40.0 Å². The van der Waals surface area contributed by atoms with Crippen LogP contribution in [-0.2, 0) is 4.74 Å². The molecule has 1 aliphatic heterocycles. The third kappa shape index (κ3) is 4.69. The molecule has 1 saturated heterocycles. The van der Waals surface area contributed by atoms with Crippen molar-refractivity contribution >= 4 is 9.24 Å². The first-order valence-corrected chi connectivity index (χ1v) is 7.52. The summed E-state index contributed by atoms with van der Waals surface area (Å²) in [5, 5.41) is 0. The zero-order valence-electron chi connectivity index (χ0n) is 11.1. The molecule has 0 amide bonds. The van der Waals surface area contributed by atoms with Gasteiger partial charge in [-0.15, -0.1) is 9.24 Å². The van der Waals surface area contributed by atoms with Crippen molar-refractivity contribution in [1.29, 1.82) is 0 Å². The van der Waals surface area contributed by atoms with Crippen molar-refractivity contribution in [2.24, 2.45) is 5.92 Å². The second-order valence-electron chi connectivity index (χ2n) is 5.23. The Morgan fingerprint density at radius 1 is 1.25 bits per heavy atom. The number of likely N-dealkylation sites (tertiary alicyclic amines) is 1. The molecule has 0 spiro atoms. The third-order valence-electron chi connectivity index (χ3n) is 3.72. The van der Waals surface area contributed by atoms with Crippen molar-refractivity contribution < 1.29 is 4.74 Å². The van der Waals surface area contributed by atoms with Crippen LogP contribution >= 0.6 is 9.24 Å². The SMILES string of the molecule is CC(C)C(C)N1CCC(OCCCP)CC1. The predicted molar refractivity (Wildman–Crippen MR) is 74.0 cm³/mol. The van der Waals surface area contributed by atoms with Gasteiger partial charge in [0.15, 0.2) is 0 Å². The molecule has 1 heterocycles. The van der Waals surface area contributed by atoms with Crippen LogP contribution in [0.3, 0.4) is 0 Å². The van der Waals surface area contributed by atoms with Gasteiger partial charge in [-0.05, 0) is 38.3 Å². The smallest absolute Gasteiger partial charge is 0.0599 e. The van der Waals surface area contributed by atoms with E-state index in [2.05, 4.69) is 34.9 Å². The van der Waals surface area contributed by atoms with Crippen molar-refractivity contribution in [3.8, 4) is 0 Å². The fourth-order valence-corrected chi connectivity index (χ4v) is 2.37. The highest BCUT2D eigenvalue weighted by Crippen LogP contribution is 2.19. The van der Waals surface area contributed by atoms with Gasteiger partial charge in [0.05, 0.1) is 6.10 Å². The van der Waals surface area contributed by atoms with Crippen LogP contribution in [0.4, 0.5) is 0 Å². The predicted octanol–water partition coefficient (Wildman–Crippen LogP) is 2.78.